The molecule has 5 nitrogen and oxygen atoms in total. The Morgan fingerprint density at radius 3 is 2.67 bits per heavy atom. The molecule has 86 valence electrons. The van der Waals surface area contributed by atoms with Gasteiger partial charge < -0.3 is 15.1 Å². The molecule has 1 heterocycles. The first-order valence-corrected chi connectivity index (χ1v) is 5.44. The number of aliphatic hydroxyl groups is 1. The van der Waals surface area contributed by atoms with E-state index < -0.39 is 18.1 Å². The molecular formula is C9H15NO4S. The van der Waals surface area contributed by atoms with Crippen molar-refractivity contribution in [2.45, 2.75) is 25.5 Å². The Kier molecular flexibility index (Phi) is 3.98. The van der Waals surface area contributed by atoms with Crippen LogP contribution in [0.2, 0.25) is 0 Å². The number of nitrogens with zero attached hydrogens (tertiary/aromatic N) is 1. The lowest BCUT2D eigenvalue weighted by Gasteiger charge is -2.25. The van der Waals surface area contributed by atoms with Crippen LogP contribution < -0.4 is 0 Å². The van der Waals surface area contributed by atoms with Gasteiger partial charge in [0.05, 0.1) is 6.10 Å². The Bertz CT molecular complexity index is 271. The number of rotatable bonds is 3. The van der Waals surface area contributed by atoms with Crippen LogP contribution >= 0.6 is 12.6 Å². The molecule has 2 unspecified atom stereocenters. The zero-order valence-electron chi connectivity index (χ0n) is 8.46. The Labute approximate surface area is 93.5 Å². The van der Waals surface area contributed by atoms with Gasteiger partial charge >= 0.3 is 5.97 Å². The van der Waals surface area contributed by atoms with Crippen LogP contribution in [0.3, 0.4) is 0 Å². The van der Waals surface area contributed by atoms with Crippen molar-refractivity contribution in [2.24, 2.45) is 5.92 Å². The monoisotopic (exact) mass is 233 g/mol. The highest BCUT2D eigenvalue weighted by Crippen LogP contribution is 2.21. The molecule has 0 aliphatic carbocycles. The van der Waals surface area contributed by atoms with Gasteiger partial charge in [0, 0.05) is 18.2 Å². The summed E-state index contributed by atoms with van der Waals surface area (Å²) in [5, 5.41) is 18.3. The fourth-order valence-corrected chi connectivity index (χ4v) is 1.84. The molecule has 1 fully saturated rings. The highest BCUT2D eigenvalue weighted by molar-refractivity contribution is 7.80. The molecule has 1 aliphatic heterocycles. The Balaban J connectivity index is 2.77. The predicted octanol–water partition coefficient (Wildman–Crippen LogP) is -0.401. The highest BCUT2D eigenvalue weighted by Gasteiger charge is 2.41. The number of aliphatic hydroxyl groups excluding tert-OH is 1. The summed E-state index contributed by atoms with van der Waals surface area (Å²) in [6, 6.07) is -1.10. The van der Waals surface area contributed by atoms with Gasteiger partial charge in [-0.05, 0) is 6.42 Å². The molecule has 15 heavy (non-hydrogen) atoms. The molecule has 6 heteroatoms. The molecule has 1 saturated heterocycles. The molecule has 0 spiro atoms. The zero-order chi connectivity index (χ0) is 11.6. The third-order valence-corrected chi connectivity index (χ3v) is 3.15. The van der Waals surface area contributed by atoms with Gasteiger partial charge in [-0.25, -0.2) is 4.79 Å². The summed E-state index contributed by atoms with van der Waals surface area (Å²) in [4.78, 5) is 23.8. The first kappa shape index (κ1) is 12.3. The van der Waals surface area contributed by atoms with Crippen LogP contribution in [0.4, 0.5) is 0 Å². The van der Waals surface area contributed by atoms with E-state index in [1.54, 1.807) is 6.92 Å². The topological polar surface area (TPSA) is 77.8 Å². The van der Waals surface area contributed by atoms with Crippen LogP contribution in [-0.2, 0) is 9.59 Å². The normalized spacial score (nSPS) is 27.8. The summed E-state index contributed by atoms with van der Waals surface area (Å²) in [6.45, 7) is 1.99. The van der Waals surface area contributed by atoms with Crippen molar-refractivity contribution in [2.75, 3.05) is 12.3 Å². The van der Waals surface area contributed by atoms with Gasteiger partial charge in [0.1, 0.15) is 0 Å². The number of hydrogen-bond donors (Lipinski definition) is 3. The minimum atomic E-state index is -1.15. The van der Waals surface area contributed by atoms with Crippen LogP contribution in [0.25, 0.3) is 0 Å². The molecule has 1 aliphatic rings. The SMILES string of the molecule is CC(CS)C(=O)N1CCC(O)[C@H]1C(=O)O. The van der Waals surface area contributed by atoms with Gasteiger partial charge in [0.15, 0.2) is 6.04 Å². The third kappa shape index (κ3) is 2.43. The summed E-state index contributed by atoms with van der Waals surface area (Å²) >= 11 is 3.99. The van der Waals surface area contributed by atoms with E-state index in [2.05, 4.69) is 12.6 Å². The van der Waals surface area contributed by atoms with Crippen molar-refractivity contribution in [3.05, 3.63) is 0 Å². The highest BCUT2D eigenvalue weighted by atomic mass is 32.1. The quantitative estimate of drug-likeness (QED) is 0.580. The third-order valence-electron chi connectivity index (χ3n) is 2.60. The molecule has 0 aromatic heterocycles. The van der Waals surface area contributed by atoms with Crippen molar-refractivity contribution < 1.29 is 19.8 Å². The summed E-state index contributed by atoms with van der Waals surface area (Å²) in [5.41, 5.74) is 0. The fraction of sp³-hybridized carbons (Fsp3) is 0.778. The summed E-state index contributed by atoms with van der Waals surface area (Å²) in [7, 11) is 0. The molecular weight excluding hydrogens is 218 g/mol. The molecule has 0 bridgehead atoms. The van der Waals surface area contributed by atoms with Crippen molar-refractivity contribution in [3.8, 4) is 0 Å². The van der Waals surface area contributed by atoms with E-state index in [9.17, 15) is 14.7 Å². The second-order valence-corrected chi connectivity index (χ2v) is 4.12. The molecule has 1 rings (SSSR count). The Hall–Kier alpha value is -0.750. The van der Waals surface area contributed by atoms with Gasteiger partial charge in [0.2, 0.25) is 5.91 Å². The van der Waals surface area contributed by atoms with Crippen molar-refractivity contribution in [1.29, 1.82) is 0 Å². The number of carboxylic acids is 1. The van der Waals surface area contributed by atoms with Crippen molar-refractivity contribution in [3.63, 3.8) is 0 Å². The van der Waals surface area contributed by atoms with Crippen LogP contribution in [0.15, 0.2) is 0 Å². The van der Waals surface area contributed by atoms with Crippen LogP contribution in [-0.4, -0.2) is 51.4 Å². The molecule has 0 aromatic carbocycles. The van der Waals surface area contributed by atoms with Gasteiger partial charge in [0.25, 0.3) is 0 Å². The van der Waals surface area contributed by atoms with E-state index in [0.717, 1.165) is 0 Å². The number of carbonyl (C=O) groups excluding carboxylic acids is 1. The standard InChI is InChI=1S/C9H15NO4S/c1-5(4-15)8(12)10-3-2-6(11)7(10)9(13)14/h5-7,11,15H,2-4H2,1H3,(H,13,14)/t5?,6?,7-/m0/s1. The lowest BCUT2D eigenvalue weighted by Crippen LogP contribution is -2.47. The van der Waals surface area contributed by atoms with Gasteiger partial charge in [-0.1, -0.05) is 6.92 Å². The smallest absolute Gasteiger partial charge is 0.329 e. The molecule has 0 saturated carbocycles. The van der Waals surface area contributed by atoms with Crippen molar-refractivity contribution >= 4 is 24.5 Å². The first-order chi connectivity index (χ1) is 6.99. The average Bonchev–Trinajstić information content (AvgIpc) is 2.57. The number of likely N-dealkylation sites (tertiary alicyclic amines) is 1. The number of amides is 1. The molecule has 0 aromatic rings. The van der Waals surface area contributed by atoms with Crippen molar-refractivity contribution in [1.82, 2.24) is 4.90 Å². The maximum Gasteiger partial charge on any atom is 0.329 e. The number of thiol groups is 1. The number of carbonyl (C=O) groups is 2. The van der Waals surface area contributed by atoms with Gasteiger partial charge in [-0.3, -0.25) is 4.79 Å². The second kappa shape index (κ2) is 4.85. The lowest BCUT2D eigenvalue weighted by molar-refractivity contribution is -0.152. The molecule has 3 atom stereocenters. The van der Waals surface area contributed by atoms with E-state index >= 15 is 0 Å². The van der Waals surface area contributed by atoms with E-state index in [-0.39, 0.29) is 11.8 Å². The fourth-order valence-electron chi connectivity index (χ4n) is 1.68. The minimum Gasteiger partial charge on any atom is -0.480 e. The lowest BCUT2D eigenvalue weighted by atomic mass is 10.1. The maximum absolute atomic E-state index is 11.7. The average molecular weight is 233 g/mol. The van der Waals surface area contributed by atoms with E-state index in [4.69, 9.17) is 5.11 Å². The number of carboxylic acid groups (broad SMARTS) is 1. The molecule has 1 amide bonds. The van der Waals surface area contributed by atoms with E-state index in [0.29, 0.717) is 18.7 Å². The van der Waals surface area contributed by atoms with Gasteiger partial charge in [-0.15, -0.1) is 0 Å². The van der Waals surface area contributed by atoms with Gasteiger partial charge in [-0.2, -0.15) is 12.6 Å². The summed E-state index contributed by atoms with van der Waals surface area (Å²) in [5.74, 6) is -1.35. The van der Waals surface area contributed by atoms with E-state index in [1.807, 2.05) is 0 Å². The number of hydrogen-bond acceptors (Lipinski definition) is 4. The summed E-state index contributed by atoms with van der Waals surface area (Å²) in [6.07, 6.45) is -0.638. The number of aliphatic carboxylic acids is 1. The first-order valence-electron chi connectivity index (χ1n) is 4.81. The second-order valence-electron chi connectivity index (χ2n) is 3.75. The summed E-state index contributed by atoms with van der Waals surface area (Å²) < 4.78 is 0. The molecule has 2 N–H and O–H groups in total. The predicted molar refractivity (Wildman–Crippen MR) is 56.8 cm³/mol. The van der Waals surface area contributed by atoms with Crippen LogP contribution in [0.1, 0.15) is 13.3 Å². The molecule has 0 radical (unpaired) electrons. The van der Waals surface area contributed by atoms with E-state index in [1.165, 1.54) is 4.90 Å². The van der Waals surface area contributed by atoms with Crippen LogP contribution in [0, 0.1) is 5.92 Å². The largest absolute Gasteiger partial charge is 0.480 e. The zero-order valence-corrected chi connectivity index (χ0v) is 9.35. The Morgan fingerprint density at radius 2 is 2.20 bits per heavy atom. The minimum absolute atomic E-state index is 0.256. The maximum atomic E-state index is 11.7. The van der Waals surface area contributed by atoms with Crippen LogP contribution in [0.5, 0.6) is 0 Å². The Morgan fingerprint density at radius 1 is 1.60 bits per heavy atom.